The molecule has 1 heterocycles. The first kappa shape index (κ1) is 18.3. The number of rotatable bonds is 5. The van der Waals surface area contributed by atoms with Crippen molar-refractivity contribution in [1.82, 2.24) is 4.90 Å². The van der Waals surface area contributed by atoms with Crippen molar-refractivity contribution in [3.8, 4) is 5.75 Å². The molecule has 0 bridgehead atoms. The number of amides is 2. The first-order valence-corrected chi connectivity index (χ1v) is 8.99. The highest BCUT2D eigenvalue weighted by molar-refractivity contribution is 5.89. The molecule has 1 aliphatic rings. The van der Waals surface area contributed by atoms with Gasteiger partial charge in [0.05, 0.1) is 7.11 Å². The van der Waals surface area contributed by atoms with E-state index in [1.807, 2.05) is 47.4 Å². The largest absolute Gasteiger partial charge is 0.497 e. The van der Waals surface area contributed by atoms with Crippen molar-refractivity contribution >= 4 is 11.7 Å². The van der Waals surface area contributed by atoms with Crippen molar-refractivity contribution < 1.29 is 14.6 Å². The second-order valence-corrected chi connectivity index (χ2v) is 6.97. The highest BCUT2D eigenvalue weighted by Gasteiger charge is 2.35. The van der Waals surface area contributed by atoms with E-state index in [1.165, 1.54) is 5.56 Å². The molecular formula is C21H26N2O3. The minimum atomic E-state index is -0.141. The summed E-state index contributed by atoms with van der Waals surface area (Å²) in [6, 6.07) is 17.5. The Bertz CT molecular complexity index is 708. The Balaban J connectivity index is 1.56. The van der Waals surface area contributed by atoms with Gasteiger partial charge in [0.25, 0.3) is 0 Å². The normalized spacial score (nSPS) is 16.2. The molecule has 0 aromatic heterocycles. The molecule has 1 fully saturated rings. The number of nitrogens with zero attached hydrogens (tertiary/aromatic N) is 1. The monoisotopic (exact) mass is 354 g/mol. The van der Waals surface area contributed by atoms with E-state index in [-0.39, 0.29) is 18.1 Å². The summed E-state index contributed by atoms with van der Waals surface area (Å²) >= 11 is 0. The number of aliphatic hydroxyl groups excluding tert-OH is 1. The van der Waals surface area contributed by atoms with Crippen LogP contribution in [0.15, 0.2) is 54.6 Å². The maximum Gasteiger partial charge on any atom is 0.321 e. The third kappa shape index (κ3) is 4.35. The topological polar surface area (TPSA) is 61.8 Å². The Morgan fingerprint density at radius 2 is 1.77 bits per heavy atom. The quantitative estimate of drug-likeness (QED) is 0.863. The summed E-state index contributed by atoms with van der Waals surface area (Å²) < 4.78 is 5.13. The van der Waals surface area contributed by atoms with Crippen molar-refractivity contribution in [2.24, 2.45) is 5.41 Å². The van der Waals surface area contributed by atoms with Crippen LogP contribution in [0.1, 0.15) is 18.4 Å². The highest BCUT2D eigenvalue weighted by atomic mass is 16.5. The molecule has 2 aromatic rings. The maximum absolute atomic E-state index is 12.5. The van der Waals surface area contributed by atoms with Crippen LogP contribution in [0.5, 0.6) is 5.75 Å². The van der Waals surface area contributed by atoms with Gasteiger partial charge in [0, 0.05) is 30.8 Å². The zero-order valence-electron chi connectivity index (χ0n) is 15.1. The van der Waals surface area contributed by atoms with Crippen molar-refractivity contribution in [3.05, 3.63) is 60.2 Å². The predicted octanol–water partition coefficient (Wildman–Crippen LogP) is 3.54. The lowest BCUT2D eigenvalue weighted by atomic mass is 9.74. The fourth-order valence-corrected chi connectivity index (χ4v) is 3.48. The summed E-state index contributed by atoms with van der Waals surface area (Å²) in [5.74, 6) is 0.759. The number of hydrogen-bond acceptors (Lipinski definition) is 3. The molecule has 0 aliphatic carbocycles. The van der Waals surface area contributed by atoms with Gasteiger partial charge in [-0.15, -0.1) is 0 Å². The van der Waals surface area contributed by atoms with E-state index >= 15 is 0 Å². The Morgan fingerprint density at radius 3 is 2.35 bits per heavy atom. The molecule has 5 nitrogen and oxygen atoms in total. The number of anilines is 1. The van der Waals surface area contributed by atoms with Gasteiger partial charge in [0.2, 0.25) is 0 Å². The zero-order valence-corrected chi connectivity index (χ0v) is 15.1. The number of ether oxygens (including phenoxy) is 1. The van der Waals surface area contributed by atoms with Crippen molar-refractivity contribution in [3.63, 3.8) is 0 Å². The number of benzene rings is 2. The summed E-state index contributed by atoms with van der Waals surface area (Å²) in [4.78, 5) is 14.3. The van der Waals surface area contributed by atoms with E-state index in [9.17, 15) is 9.90 Å². The van der Waals surface area contributed by atoms with Crippen LogP contribution in [0.2, 0.25) is 0 Å². The van der Waals surface area contributed by atoms with Crippen molar-refractivity contribution in [2.75, 3.05) is 32.1 Å². The summed E-state index contributed by atoms with van der Waals surface area (Å²) in [6.07, 6.45) is 2.45. The van der Waals surface area contributed by atoms with Crippen molar-refractivity contribution in [2.45, 2.75) is 19.3 Å². The van der Waals surface area contributed by atoms with Crippen LogP contribution in [0.3, 0.4) is 0 Å². The Kier molecular flexibility index (Phi) is 5.78. The number of methoxy groups -OCH3 is 1. The van der Waals surface area contributed by atoms with Gasteiger partial charge in [0.15, 0.2) is 0 Å². The van der Waals surface area contributed by atoms with Crippen molar-refractivity contribution in [1.29, 1.82) is 0 Å². The van der Waals surface area contributed by atoms with E-state index < -0.39 is 0 Å². The smallest absolute Gasteiger partial charge is 0.321 e. The van der Waals surface area contributed by atoms with Crippen LogP contribution < -0.4 is 10.1 Å². The molecule has 0 unspecified atom stereocenters. The van der Waals surface area contributed by atoms with Gasteiger partial charge in [-0.05, 0) is 49.1 Å². The average Bonchev–Trinajstić information content (AvgIpc) is 2.70. The molecule has 0 atom stereocenters. The van der Waals surface area contributed by atoms with Crippen LogP contribution >= 0.6 is 0 Å². The molecular weight excluding hydrogens is 328 g/mol. The second kappa shape index (κ2) is 8.23. The average molecular weight is 354 g/mol. The van der Waals surface area contributed by atoms with E-state index in [1.54, 1.807) is 7.11 Å². The number of nitrogens with one attached hydrogen (secondary N) is 1. The number of carbonyl (C=O) groups is 1. The second-order valence-electron chi connectivity index (χ2n) is 6.97. The number of urea groups is 1. The highest BCUT2D eigenvalue weighted by Crippen LogP contribution is 2.35. The summed E-state index contributed by atoms with van der Waals surface area (Å²) in [5.41, 5.74) is 1.84. The van der Waals surface area contributed by atoms with E-state index in [0.29, 0.717) is 13.1 Å². The molecule has 1 saturated heterocycles. The molecule has 2 amide bonds. The number of likely N-dealkylation sites (tertiary alicyclic amines) is 1. The van der Waals surface area contributed by atoms with Gasteiger partial charge in [-0.1, -0.05) is 30.3 Å². The maximum atomic E-state index is 12.5. The van der Waals surface area contributed by atoms with Gasteiger partial charge in [0.1, 0.15) is 5.75 Å². The Labute approximate surface area is 154 Å². The SMILES string of the molecule is COc1ccc(NC(=O)N2CCC(CO)(Cc3ccccc3)CC2)cc1. The summed E-state index contributed by atoms with van der Waals surface area (Å²) in [7, 11) is 1.62. The summed E-state index contributed by atoms with van der Waals surface area (Å²) in [5, 5.41) is 12.9. The lowest BCUT2D eigenvalue weighted by Crippen LogP contribution is -2.47. The van der Waals surface area contributed by atoms with Crippen LogP contribution in [-0.2, 0) is 6.42 Å². The molecule has 3 rings (SSSR count). The molecule has 2 N–H and O–H groups in total. The van der Waals surface area contributed by atoms with Crippen LogP contribution in [-0.4, -0.2) is 42.8 Å². The van der Waals surface area contributed by atoms with Gasteiger partial charge in [-0.2, -0.15) is 0 Å². The predicted molar refractivity (Wildman–Crippen MR) is 102 cm³/mol. The third-order valence-electron chi connectivity index (χ3n) is 5.21. The molecule has 138 valence electrons. The fourth-order valence-electron chi connectivity index (χ4n) is 3.48. The fraction of sp³-hybridized carbons (Fsp3) is 0.381. The number of hydrogen-bond donors (Lipinski definition) is 2. The van der Waals surface area contributed by atoms with Gasteiger partial charge in [-0.25, -0.2) is 4.79 Å². The molecule has 0 saturated carbocycles. The van der Waals surface area contributed by atoms with Crippen LogP contribution in [0, 0.1) is 5.41 Å². The molecule has 2 aromatic carbocycles. The third-order valence-corrected chi connectivity index (χ3v) is 5.21. The molecule has 26 heavy (non-hydrogen) atoms. The zero-order chi connectivity index (χ0) is 18.4. The molecule has 1 aliphatic heterocycles. The number of carbonyl (C=O) groups excluding carboxylic acids is 1. The number of aliphatic hydroxyl groups is 1. The van der Waals surface area contributed by atoms with Crippen LogP contribution in [0.25, 0.3) is 0 Å². The van der Waals surface area contributed by atoms with Gasteiger partial charge >= 0.3 is 6.03 Å². The Hall–Kier alpha value is -2.53. The molecule has 0 spiro atoms. The van der Waals surface area contributed by atoms with E-state index in [2.05, 4.69) is 17.4 Å². The lowest BCUT2D eigenvalue weighted by Gasteiger charge is -2.40. The van der Waals surface area contributed by atoms with Gasteiger partial charge < -0.3 is 20.1 Å². The Morgan fingerprint density at radius 1 is 1.12 bits per heavy atom. The van der Waals surface area contributed by atoms with Gasteiger partial charge in [-0.3, -0.25) is 0 Å². The number of piperidine rings is 1. The molecule has 0 radical (unpaired) electrons. The minimum Gasteiger partial charge on any atom is -0.497 e. The standard InChI is InChI=1S/C21H26N2O3/c1-26-19-9-7-18(8-10-19)22-20(25)23-13-11-21(16-24,12-14-23)15-17-5-3-2-4-6-17/h2-10,24H,11-16H2,1H3,(H,22,25). The summed E-state index contributed by atoms with van der Waals surface area (Å²) in [6.45, 7) is 1.45. The van der Waals surface area contributed by atoms with E-state index in [4.69, 9.17) is 4.74 Å². The van der Waals surface area contributed by atoms with Crippen LogP contribution in [0.4, 0.5) is 10.5 Å². The minimum absolute atomic E-state index is 0.0959. The van der Waals surface area contributed by atoms with E-state index in [0.717, 1.165) is 30.7 Å². The first-order valence-electron chi connectivity index (χ1n) is 8.99. The molecule has 5 heteroatoms. The lowest BCUT2D eigenvalue weighted by molar-refractivity contribution is 0.0575. The first-order chi connectivity index (χ1) is 12.6.